The van der Waals surface area contributed by atoms with Crippen molar-refractivity contribution < 1.29 is 4.74 Å². The average Bonchev–Trinajstić information content (AvgIpc) is 3.09. The summed E-state index contributed by atoms with van der Waals surface area (Å²) in [6.45, 7) is 2.51. The summed E-state index contributed by atoms with van der Waals surface area (Å²) >= 11 is 0. The number of ether oxygens (including phenoxy) is 1. The van der Waals surface area contributed by atoms with E-state index in [0.717, 1.165) is 42.7 Å². The number of pyridine rings is 1. The van der Waals surface area contributed by atoms with Gasteiger partial charge in [-0.2, -0.15) is 5.26 Å². The summed E-state index contributed by atoms with van der Waals surface area (Å²) in [5, 5.41) is 9.20. The first kappa shape index (κ1) is 15.4. The maximum Gasteiger partial charge on any atom is 0.269 e. The molecule has 2 aromatic rings. The van der Waals surface area contributed by atoms with Crippen LogP contribution in [0.2, 0.25) is 0 Å². The third-order valence-electron chi connectivity index (χ3n) is 4.39. The Hall–Kier alpha value is -2.54. The first-order chi connectivity index (χ1) is 11.3. The van der Waals surface area contributed by atoms with Crippen LogP contribution < -0.4 is 10.3 Å². The standard InChI is InChI=1S/C19H20N2O2/c1-2-23-18-10-6-5-9-16(18)17-12-11-14(13-20)19(22)21(17)15-7-3-4-8-15/h5-6,9-12,15H,2-4,7-8H2,1H3. The van der Waals surface area contributed by atoms with E-state index in [0.29, 0.717) is 6.61 Å². The molecule has 0 atom stereocenters. The van der Waals surface area contributed by atoms with Crippen molar-refractivity contribution in [3.63, 3.8) is 0 Å². The number of hydrogen-bond acceptors (Lipinski definition) is 3. The fourth-order valence-electron chi connectivity index (χ4n) is 3.34. The Bertz CT molecular complexity index is 796. The fourth-order valence-corrected chi connectivity index (χ4v) is 3.34. The number of nitriles is 1. The highest BCUT2D eigenvalue weighted by atomic mass is 16.5. The molecule has 0 aliphatic heterocycles. The Labute approximate surface area is 135 Å². The highest BCUT2D eigenvalue weighted by Crippen LogP contribution is 2.35. The summed E-state index contributed by atoms with van der Waals surface area (Å²) in [6.07, 6.45) is 4.22. The summed E-state index contributed by atoms with van der Waals surface area (Å²) in [5.74, 6) is 0.769. The maximum atomic E-state index is 12.7. The SMILES string of the molecule is CCOc1ccccc1-c1ccc(C#N)c(=O)n1C1CCCC1. The largest absolute Gasteiger partial charge is 0.493 e. The topological polar surface area (TPSA) is 55.0 Å². The molecule has 1 fully saturated rings. The van der Waals surface area contributed by atoms with Gasteiger partial charge in [0.25, 0.3) is 5.56 Å². The average molecular weight is 308 g/mol. The van der Waals surface area contributed by atoms with E-state index in [-0.39, 0.29) is 17.2 Å². The Kier molecular flexibility index (Phi) is 4.47. The normalized spacial score (nSPS) is 14.6. The number of para-hydroxylation sites is 1. The van der Waals surface area contributed by atoms with E-state index < -0.39 is 0 Å². The van der Waals surface area contributed by atoms with Crippen molar-refractivity contribution in [3.05, 3.63) is 52.3 Å². The van der Waals surface area contributed by atoms with Crippen molar-refractivity contribution in [1.82, 2.24) is 4.57 Å². The molecule has 0 amide bonds. The molecule has 1 aromatic carbocycles. The van der Waals surface area contributed by atoms with Crippen LogP contribution in [-0.2, 0) is 0 Å². The molecule has 0 spiro atoms. The highest BCUT2D eigenvalue weighted by Gasteiger charge is 2.23. The van der Waals surface area contributed by atoms with E-state index in [1.807, 2.05) is 47.9 Å². The van der Waals surface area contributed by atoms with Crippen LogP contribution in [0.3, 0.4) is 0 Å². The van der Waals surface area contributed by atoms with E-state index in [4.69, 9.17) is 4.74 Å². The zero-order valence-corrected chi connectivity index (χ0v) is 13.3. The maximum absolute atomic E-state index is 12.7. The fraction of sp³-hybridized carbons (Fsp3) is 0.368. The van der Waals surface area contributed by atoms with Crippen LogP contribution in [-0.4, -0.2) is 11.2 Å². The van der Waals surface area contributed by atoms with Gasteiger partial charge in [-0.25, -0.2) is 0 Å². The summed E-state index contributed by atoms with van der Waals surface area (Å²) in [6, 6.07) is 13.4. The van der Waals surface area contributed by atoms with Gasteiger partial charge in [0.1, 0.15) is 17.4 Å². The van der Waals surface area contributed by atoms with Gasteiger partial charge < -0.3 is 9.30 Å². The smallest absolute Gasteiger partial charge is 0.269 e. The summed E-state index contributed by atoms with van der Waals surface area (Å²) in [4.78, 5) is 12.7. The Morgan fingerprint density at radius 2 is 1.96 bits per heavy atom. The van der Waals surface area contributed by atoms with Crippen LogP contribution in [0.1, 0.15) is 44.2 Å². The first-order valence-electron chi connectivity index (χ1n) is 8.14. The van der Waals surface area contributed by atoms with Crippen molar-refractivity contribution in [2.45, 2.75) is 38.6 Å². The van der Waals surface area contributed by atoms with Crippen LogP contribution >= 0.6 is 0 Å². The van der Waals surface area contributed by atoms with Crippen LogP contribution in [0, 0.1) is 11.3 Å². The van der Waals surface area contributed by atoms with Gasteiger partial charge in [-0.05, 0) is 44.0 Å². The second-order valence-electron chi connectivity index (χ2n) is 5.79. The van der Waals surface area contributed by atoms with Crippen molar-refractivity contribution in [3.8, 4) is 23.1 Å². The molecule has 0 unspecified atom stereocenters. The molecule has 23 heavy (non-hydrogen) atoms. The second kappa shape index (κ2) is 6.70. The van der Waals surface area contributed by atoms with Gasteiger partial charge in [0.05, 0.1) is 12.3 Å². The summed E-state index contributed by atoms with van der Waals surface area (Å²) in [5.41, 5.74) is 1.76. The van der Waals surface area contributed by atoms with Gasteiger partial charge in [0, 0.05) is 11.6 Å². The van der Waals surface area contributed by atoms with E-state index in [2.05, 4.69) is 0 Å². The van der Waals surface area contributed by atoms with Crippen molar-refractivity contribution in [2.75, 3.05) is 6.61 Å². The highest BCUT2D eigenvalue weighted by molar-refractivity contribution is 5.68. The van der Waals surface area contributed by atoms with Crippen LogP contribution in [0.5, 0.6) is 5.75 Å². The number of hydrogen-bond donors (Lipinski definition) is 0. The third kappa shape index (κ3) is 2.87. The second-order valence-corrected chi connectivity index (χ2v) is 5.79. The van der Waals surface area contributed by atoms with Gasteiger partial charge in [0.2, 0.25) is 0 Å². The molecule has 3 rings (SSSR count). The van der Waals surface area contributed by atoms with E-state index in [9.17, 15) is 10.1 Å². The van der Waals surface area contributed by atoms with Gasteiger partial charge in [-0.1, -0.05) is 25.0 Å². The van der Waals surface area contributed by atoms with Crippen molar-refractivity contribution in [2.24, 2.45) is 0 Å². The molecule has 1 aromatic heterocycles. The lowest BCUT2D eigenvalue weighted by molar-refractivity contribution is 0.341. The van der Waals surface area contributed by atoms with Crippen molar-refractivity contribution >= 4 is 0 Å². The molecule has 0 N–H and O–H groups in total. The van der Waals surface area contributed by atoms with E-state index >= 15 is 0 Å². The third-order valence-corrected chi connectivity index (χ3v) is 4.39. The Balaban J connectivity index is 2.22. The molecule has 4 heteroatoms. The monoisotopic (exact) mass is 308 g/mol. The zero-order valence-electron chi connectivity index (χ0n) is 13.3. The molecule has 118 valence electrons. The minimum absolute atomic E-state index is 0.167. The van der Waals surface area contributed by atoms with E-state index in [1.54, 1.807) is 6.07 Å². The molecular formula is C19H20N2O2. The quantitative estimate of drug-likeness (QED) is 0.860. The molecule has 0 radical (unpaired) electrons. The lowest BCUT2D eigenvalue weighted by Crippen LogP contribution is -2.27. The molecule has 0 saturated heterocycles. The molecule has 1 saturated carbocycles. The zero-order chi connectivity index (χ0) is 16.2. The number of nitrogens with zero attached hydrogens (tertiary/aromatic N) is 2. The number of benzene rings is 1. The molecule has 0 bridgehead atoms. The molecule has 1 aliphatic carbocycles. The number of rotatable bonds is 4. The van der Waals surface area contributed by atoms with Crippen LogP contribution in [0.25, 0.3) is 11.3 Å². The van der Waals surface area contributed by atoms with Gasteiger partial charge >= 0.3 is 0 Å². The van der Waals surface area contributed by atoms with E-state index in [1.165, 1.54) is 0 Å². The predicted molar refractivity (Wildman–Crippen MR) is 89.5 cm³/mol. The lowest BCUT2D eigenvalue weighted by atomic mass is 10.1. The summed E-state index contributed by atoms with van der Waals surface area (Å²) < 4.78 is 7.53. The molecule has 1 heterocycles. The molecule has 1 aliphatic rings. The first-order valence-corrected chi connectivity index (χ1v) is 8.14. The Morgan fingerprint density at radius 3 is 2.65 bits per heavy atom. The van der Waals surface area contributed by atoms with Crippen LogP contribution in [0.4, 0.5) is 0 Å². The van der Waals surface area contributed by atoms with Crippen LogP contribution in [0.15, 0.2) is 41.2 Å². The minimum Gasteiger partial charge on any atom is -0.493 e. The van der Waals surface area contributed by atoms with Gasteiger partial charge in [-0.3, -0.25) is 4.79 Å². The lowest BCUT2D eigenvalue weighted by Gasteiger charge is -2.21. The molecule has 4 nitrogen and oxygen atoms in total. The number of aromatic nitrogens is 1. The minimum atomic E-state index is -0.191. The molecular weight excluding hydrogens is 288 g/mol. The predicted octanol–water partition coefficient (Wildman–Crippen LogP) is 3.90. The summed E-state index contributed by atoms with van der Waals surface area (Å²) in [7, 11) is 0. The van der Waals surface area contributed by atoms with Gasteiger partial charge in [0.15, 0.2) is 0 Å². The van der Waals surface area contributed by atoms with Gasteiger partial charge in [-0.15, -0.1) is 0 Å². The van der Waals surface area contributed by atoms with Crippen molar-refractivity contribution in [1.29, 1.82) is 5.26 Å². The Morgan fingerprint density at radius 1 is 1.22 bits per heavy atom.